The number of nitrogens with two attached hydrogens (primary N) is 1. The zero-order valence-corrected chi connectivity index (χ0v) is 17.3. The molecule has 158 valence electrons. The van der Waals surface area contributed by atoms with Crippen LogP contribution >= 0.6 is 15.9 Å². The lowest BCUT2D eigenvalue weighted by molar-refractivity contribution is -0.206. The molecule has 2 aromatic carbocycles. The summed E-state index contributed by atoms with van der Waals surface area (Å²) in [6.45, 7) is 2.34. The van der Waals surface area contributed by atoms with E-state index in [1.54, 1.807) is 12.1 Å². The molecular formula is C20H18BrF3N4O2. The summed E-state index contributed by atoms with van der Waals surface area (Å²) in [5.41, 5.74) is 7.28. The fourth-order valence-corrected chi connectivity index (χ4v) is 3.10. The number of nitrogens with zero attached hydrogens (tertiary/aromatic N) is 2. The van der Waals surface area contributed by atoms with E-state index in [-0.39, 0.29) is 11.5 Å². The number of aromatic nitrogens is 2. The number of nitrogen functional groups attached to an aromatic ring is 1. The van der Waals surface area contributed by atoms with Crippen LogP contribution in [-0.4, -0.2) is 27.9 Å². The predicted octanol–water partition coefficient (Wildman–Crippen LogP) is 5.23. The Morgan fingerprint density at radius 2 is 1.83 bits per heavy atom. The number of rotatable bonds is 6. The molecule has 4 N–H and O–H groups in total. The first-order chi connectivity index (χ1) is 14.2. The van der Waals surface area contributed by atoms with Crippen LogP contribution < -0.4 is 15.8 Å². The number of alkyl halides is 3. The van der Waals surface area contributed by atoms with Crippen molar-refractivity contribution in [3.05, 3.63) is 58.6 Å². The second-order valence-corrected chi connectivity index (χ2v) is 7.18. The van der Waals surface area contributed by atoms with Gasteiger partial charge in [0.1, 0.15) is 11.6 Å². The SMILES string of the molecule is CCOc1ccc(Br)cc1-c1cc(Nc2ccc(C(O)C(F)(F)F)cc2)nc(N)n1. The number of ether oxygens (including phenoxy) is 1. The fourth-order valence-electron chi connectivity index (χ4n) is 2.74. The van der Waals surface area contributed by atoms with Gasteiger partial charge in [-0.25, -0.2) is 4.98 Å². The van der Waals surface area contributed by atoms with E-state index in [1.807, 2.05) is 19.1 Å². The summed E-state index contributed by atoms with van der Waals surface area (Å²) < 4.78 is 44.4. The van der Waals surface area contributed by atoms with E-state index in [0.717, 1.165) is 4.47 Å². The Morgan fingerprint density at radius 1 is 1.13 bits per heavy atom. The number of halogens is 4. The molecule has 1 atom stereocenters. The molecule has 0 radical (unpaired) electrons. The molecule has 0 fully saturated rings. The Morgan fingerprint density at radius 3 is 2.47 bits per heavy atom. The van der Waals surface area contributed by atoms with Crippen molar-refractivity contribution in [1.29, 1.82) is 0 Å². The number of nitrogens with one attached hydrogen (secondary N) is 1. The Hall–Kier alpha value is -2.85. The summed E-state index contributed by atoms with van der Waals surface area (Å²) in [4.78, 5) is 8.38. The molecule has 0 aliphatic heterocycles. The second-order valence-electron chi connectivity index (χ2n) is 6.26. The van der Waals surface area contributed by atoms with Crippen LogP contribution in [0.15, 0.2) is 53.0 Å². The number of benzene rings is 2. The molecule has 3 aromatic rings. The number of hydrogen-bond acceptors (Lipinski definition) is 6. The summed E-state index contributed by atoms with van der Waals surface area (Å²) in [5, 5.41) is 12.3. The zero-order chi connectivity index (χ0) is 21.9. The van der Waals surface area contributed by atoms with Gasteiger partial charge in [0.2, 0.25) is 5.95 Å². The van der Waals surface area contributed by atoms with E-state index in [9.17, 15) is 18.3 Å². The number of aliphatic hydroxyl groups is 1. The van der Waals surface area contributed by atoms with Gasteiger partial charge in [0, 0.05) is 21.8 Å². The molecule has 6 nitrogen and oxygen atoms in total. The Balaban J connectivity index is 1.89. The first kappa shape index (κ1) is 21.8. The van der Waals surface area contributed by atoms with Crippen molar-refractivity contribution in [2.75, 3.05) is 17.7 Å². The minimum atomic E-state index is -4.73. The highest BCUT2D eigenvalue weighted by molar-refractivity contribution is 9.10. The molecule has 0 saturated heterocycles. The van der Waals surface area contributed by atoms with Crippen LogP contribution in [0.4, 0.5) is 30.6 Å². The van der Waals surface area contributed by atoms with Crippen molar-refractivity contribution >= 4 is 33.4 Å². The van der Waals surface area contributed by atoms with Crippen LogP contribution in [-0.2, 0) is 0 Å². The number of aliphatic hydroxyl groups excluding tert-OH is 1. The van der Waals surface area contributed by atoms with Crippen molar-refractivity contribution < 1.29 is 23.0 Å². The number of anilines is 3. The molecule has 0 aliphatic rings. The van der Waals surface area contributed by atoms with Gasteiger partial charge in [-0.15, -0.1) is 0 Å². The molecule has 1 unspecified atom stereocenters. The largest absolute Gasteiger partial charge is 0.493 e. The van der Waals surface area contributed by atoms with E-state index in [0.29, 0.717) is 35.1 Å². The Kier molecular flexibility index (Phi) is 6.47. The van der Waals surface area contributed by atoms with Gasteiger partial charge in [0.15, 0.2) is 6.10 Å². The van der Waals surface area contributed by atoms with Gasteiger partial charge in [-0.1, -0.05) is 28.1 Å². The normalized spacial score (nSPS) is 12.5. The molecule has 0 spiro atoms. The average molecular weight is 483 g/mol. The van der Waals surface area contributed by atoms with Crippen LogP contribution in [0, 0.1) is 0 Å². The van der Waals surface area contributed by atoms with Crippen molar-refractivity contribution in [2.45, 2.75) is 19.2 Å². The lowest BCUT2D eigenvalue weighted by Gasteiger charge is -2.15. The van der Waals surface area contributed by atoms with E-state index in [2.05, 4.69) is 31.2 Å². The first-order valence-corrected chi connectivity index (χ1v) is 9.65. The van der Waals surface area contributed by atoms with Crippen molar-refractivity contribution in [2.24, 2.45) is 0 Å². The number of hydrogen-bond donors (Lipinski definition) is 3. The standard InChI is InChI=1S/C20H18BrF3N4O2/c1-2-30-16-8-5-12(21)9-14(16)15-10-17(28-19(25)27-15)26-13-6-3-11(4-7-13)18(29)20(22,23)24/h3-10,18,29H,2H2,1H3,(H3,25,26,27,28). The van der Waals surface area contributed by atoms with E-state index < -0.39 is 12.3 Å². The highest BCUT2D eigenvalue weighted by Gasteiger charge is 2.39. The van der Waals surface area contributed by atoms with Gasteiger partial charge in [-0.3, -0.25) is 0 Å². The van der Waals surface area contributed by atoms with Gasteiger partial charge < -0.3 is 20.9 Å². The molecule has 0 bridgehead atoms. The lowest BCUT2D eigenvalue weighted by atomic mass is 10.1. The Bertz CT molecular complexity index is 1030. The molecule has 1 aromatic heterocycles. The van der Waals surface area contributed by atoms with Gasteiger partial charge in [0.25, 0.3) is 0 Å². The minimum absolute atomic E-state index is 0.0153. The molecular weight excluding hydrogens is 465 g/mol. The van der Waals surface area contributed by atoms with E-state index in [4.69, 9.17) is 10.5 Å². The first-order valence-electron chi connectivity index (χ1n) is 8.86. The molecule has 0 amide bonds. The molecule has 3 rings (SSSR count). The van der Waals surface area contributed by atoms with Crippen LogP contribution in [0.1, 0.15) is 18.6 Å². The topological polar surface area (TPSA) is 93.3 Å². The fraction of sp³-hybridized carbons (Fsp3) is 0.200. The van der Waals surface area contributed by atoms with E-state index in [1.165, 1.54) is 24.3 Å². The zero-order valence-electron chi connectivity index (χ0n) is 15.7. The summed E-state index contributed by atoms with van der Waals surface area (Å²) in [6, 6.07) is 12.3. The summed E-state index contributed by atoms with van der Waals surface area (Å²) in [7, 11) is 0. The molecule has 10 heteroatoms. The van der Waals surface area contributed by atoms with Crippen LogP contribution in [0.25, 0.3) is 11.3 Å². The summed E-state index contributed by atoms with van der Waals surface area (Å²) in [6.07, 6.45) is -7.27. The van der Waals surface area contributed by atoms with Crippen LogP contribution in [0.5, 0.6) is 5.75 Å². The molecule has 1 heterocycles. The van der Waals surface area contributed by atoms with Crippen LogP contribution in [0.2, 0.25) is 0 Å². The average Bonchev–Trinajstić information content (AvgIpc) is 2.68. The van der Waals surface area contributed by atoms with E-state index >= 15 is 0 Å². The molecule has 0 saturated carbocycles. The van der Waals surface area contributed by atoms with Gasteiger partial charge in [-0.2, -0.15) is 18.2 Å². The minimum Gasteiger partial charge on any atom is -0.493 e. The van der Waals surface area contributed by atoms with Crippen molar-refractivity contribution in [3.63, 3.8) is 0 Å². The lowest BCUT2D eigenvalue weighted by Crippen LogP contribution is -2.20. The monoisotopic (exact) mass is 482 g/mol. The molecule has 0 aliphatic carbocycles. The van der Waals surface area contributed by atoms with Gasteiger partial charge >= 0.3 is 6.18 Å². The van der Waals surface area contributed by atoms with Gasteiger partial charge in [0.05, 0.1) is 12.3 Å². The molecule has 30 heavy (non-hydrogen) atoms. The quantitative estimate of drug-likeness (QED) is 0.445. The second kappa shape index (κ2) is 8.88. The highest BCUT2D eigenvalue weighted by Crippen LogP contribution is 2.35. The Labute approximate surface area is 179 Å². The third-order valence-corrected chi connectivity index (χ3v) is 4.56. The smallest absolute Gasteiger partial charge is 0.418 e. The third-order valence-electron chi connectivity index (χ3n) is 4.07. The summed E-state index contributed by atoms with van der Waals surface area (Å²) in [5.74, 6) is 0.987. The highest BCUT2D eigenvalue weighted by atomic mass is 79.9. The van der Waals surface area contributed by atoms with Crippen LogP contribution in [0.3, 0.4) is 0 Å². The van der Waals surface area contributed by atoms with Gasteiger partial charge in [-0.05, 0) is 42.8 Å². The third kappa shape index (κ3) is 5.19. The maximum atomic E-state index is 12.6. The predicted molar refractivity (Wildman–Crippen MR) is 111 cm³/mol. The summed E-state index contributed by atoms with van der Waals surface area (Å²) >= 11 is 3.42. The van der Waals surface area contributed by atoms with Crippen molar-refractivity contribution in [1.82, 2.24) is 9.97 Å². The van der Waals surface area contributed by atoms with Crippen molar-refractivity contribution in [3.8, 4) is 17.0 Å². The maximum absolute atomic E-state index is 12.6. The maximum Gasteiger partial charge on any atom is 0.418 e.